The molecule has 0 aliphatic rings. The van der Waals surface area contributed by atoms with Crippen LogP contribution < -0.4 is 10.1 Å². The maximum atomic E-state index is 13.8. The van der Waals surface area contributed by atoms with Crippen LogP contribution in [0.3, 0.4) is 0 Å². The Morgan fingerprint density at radius 1 is 1.21 bits per heavy atom. The molecule has 0 aliphatic heterocycles. The van der Waals surface area contributed by atoms with E-state index in [9.17, 15) is 14.1 Å². The Bertz CT molecular complexity index is 742. The minimum atomic E-state index is -0.776. The summed E-state index contributed by atoms with van der Waals surface area (Å²) < 4.78 is 24.4. The van der Waals surface area contributed by atoms with Crippen molar-refractivity contribution in [2.75, 3.05) is 5.32 Å². The second-order valence-electron chi connectivity index (χ2n) is 5.81. The molecule has 0 unspecified atom stereocenters. The number of aromatic nitrogens is 1. The molecule has 1 aromatic heterocycles. The van der Waals surface area contributed by atoms with Crippen LogP contribution in [0.5, 0.6) is 11.5 Å². The fraction of sp³-hybridized carbons (Fsp3) is 0.250. The van der Waals surface area contributed by atoms with Gasteiger partial charge in [-0.05, 0) is 50.2 Å². The summed E-state index contributed by atoms with van der Waals surface area (Å²) in [6.45, 7) is 5.11. The fourth-order valence-corrected chi connectivity index (χ4v) is 1.70. The zero-order chi connectivity index (χ0) is 17.7. The van der Waals surface area contributed by atoms with E-state index in [-0.39, 0.29) is 17.3 Å². The molecule has 24 heavy (non-hydrogen) atoms. The number of halogens is 1. The number of carbonyl (C=O) groups excluding carboxylic acids is 1. The van der Waals surface area contributed by atoms with Crippen LogP contribution >= 0.6 is 0 Å². The Labute approximate surface area is 137 Å². The van der Waals surface area contributed by atoms with Gasteiger partial charge < -0.3 is 9.47 Å². The van der Waals surface area contributed by atoms with E-state index in [2.05, 4.69) is 15.5 Å². The lowest BCUT2D eigenvalue weighted by molar-refractivity contribution is 0.0635. The van der Waals surface area contributed by atoms with E-state index < -0.39 is 17.5 Å². The van der Waals surface area contributed by atoms with Gasteiger partial charge in [-0.2, -0.15) is 0 Å². The predicted molar refractivity (Wildman–Crippen MR) is 86.0 cm³/mol. The Morgan fingerprint density at radius 2 is 1.92 bits per heavy atom. The number of ether oxygens (including phenoxy) is 2. The van der Waals surface area contributed by atoms with Gasteiger partial charge in [0, 0.05) is 6.07 Å². The molecule has 8 heteroatoms. The van der Waals surface area contributed by atoms with Crippen molar-refractivity contribution in [3.05, 3.63) is 47.3 Å². The molecule has 0 spiro atoms. The molecule has 1 heterocycles. The van der Waals surface area contributed by atoms with Gasteiger partial charge >= 0.3 is 6.09 Å². The summed E-state index contributed by atoms with van der Waals surface area (Å²) in [5.74, 6) is -0.00567. The summed E-state index contributed by atoms with van der Waals surface area (Å²) >= 11 is 0. The lowest BCUT2D eigenvalue weighted by Gasteiger charge is -2.20. The molecular formula is C16H16FN3O4. The summed E-state index contributed by atoms with van der Waals surface area (Å²) in [6.07, 6.45) is 0.530. The lowest BCUT2D eigenvalue weighted by atomic mass is 10.2. The first-order chi connectivity index (χ1) is 11.3. The smallest absolute Gasteiger partial charge is 0.412 e. The third kappa shape index (κ3) is 5.01. The Hall–Kier alpha value is -3.03. The molecule has 0 saturated heterocycles. The summed E-state index contributed by atoms with van der Waals surface area (Å²) in [5, 5.41) is 5.00. The SMILES string of the molecule is CC(C)(C)OC(=O)Nc1cc(Oc2ccc(N=O)nc2)ccc1F. The van der Waals surface area contributed by atoms with Crippen molar-refractivity contribution in [1.82, 2.24) is 4.98 Å². The number of nitrogens with one attached hydrogen (secondary N) is 1. The van der Waals surface area contributed by atoms with Gasteiger partial charge in [0.1, 0.15) is 22.9 Å². The average Bonchev–Trinajstić information content (AvgIpc) is 2.49. The van der Waals surface area contributed by atoms with E-state index in [0.29, 0.717) is 5.75 Å². The number of rotatable bonds is 4. The number of amides is 1. The lowest BCUT2D eigenvalue weighted by Crippen LogP contribution is -2.27. The maximum absolute atomic E-state index is 13.8. The van der Waals surface area contributed by atoms with E-state index in [1.54, 1.807) is 20.8 Å². The standard InChI is InChI=1S/C16H16FN3O4/c1-16(2,3)24-15(21)19-13-8-10(4-6-12(13)17)23-11-5-7-14(20-22)18-9-11/h4-9H,1-3H3,(H,19,21). The van der Waals surface area contributed by atoms with Crippen molar-refractivity contribution in [2.24, 2.45) is 5.18 Å². The number of hydrogen-bond acceptors (Lipinski definition) is 6. The number of benzene rings is 1. The van der Waals surface area contributed by atoms with Crippen LogP contribution in [0.1, 0.15) is 20.8 Å². The topological polar surface area (TPSA) is 89.9 Å². The summed E-state index contributed by atoms with van der Waals surface area (Å²) in [7, 11) is 0. The van der Waals surface area contributed by atoms with Crippen LogP contribution in [0, 0.1) is 10.7 Å². The molecule has 2 aromatic rings. The minimum Gasteiger partial charge on any atom is -0.456 e. The van der Waals surface area contributed by atoms with Gasteiger partial charge in [0.25, 0.3) is 0 Å². The first-order valence-corrected chi connectivity index (χ1v) is 7.03. The average molecular weight is 333 g/mol. The molecule has 0 atom stereocenters. The highest BCUT2D eigenvalue weighted by molar-refractivity contribution is 5.85. The minimum absolute atomic E-state index is 0.0220. The van der Waals surface area contributed by atoms with E-state index in [1.165, 1.54) is 30.5 Å². The Balaban J connectivity index is 2.12. The number of pyridine rings is 1. The first-order valence-electron chi connectivity index (χ1n) is 7.03. The number of nitrogens with zero attached hydrogens (tertiary/aromatic N) is 2. The van der Waals surface area contributed by atoms with E-state index in [0.717, 1.165) is 6.07 Å². The fourth-order valence-electron chi connectivity index (χ4n) is 1.70. The third-order valence-electron chi connectivity index (χ3n) is 2.62. The maximum Gasteiger partial charge on any atom is 0.412 e. The van der Waals surface area contributed by atoms with Crippen LogP contribution in [-0.4, -0.2) is 16.7 Å². The summed E-state index contributed by atoms with van der Waals surface area (Å²) in [4.78, 5) is 25.8. The van der Waals surface area contributed by atoms with E-state index in [1.807, 2.05) is 0 Å². The predicted octanol–water partition coefficient (Wildman–Crippen LogP) is 4.76. The van der Waals surface area contributed by atoms with Crippen molar-refractivity contribution in [3.63, 3.8) is 0 Å². The van der Waals surface area contributed by atoms with Crippen LogP contribution in [0.25, 0.3) is 0 Å². The van der Waals surface area contributed by atoms with Crippen molar-refractivity contribution in [3.8, 4) is 11.5 Å². The number of nitroso groups, excluding NO2 is 1. The van der Waals surface area contributed by atoms with E-state index in [4.69, 9.17) is 9.47 Å². The summed E-state index contributed by atoms with van der Waals surface area (Å²) in [5.41, 5.74) is -0.782. The molecule has 1 amide bonds. The zero-order valence-corrected chi connectivity index (χ0v) is 13.4. The Morgan fingerprint density at radius 3 is 2.50 bits per heavy atom. The van der Waals surface area contributed by atoms with Gasteiger partial charge in [0.2, 0.25) is 0 Å². The highest BCUT2D eigenvalue weighted by atomic mass is 19.1. The van der Waals surface area contributed by atoms with Crippen molar-refractivity contribution >= 4 is 17.6 Å². The number of hydrogen-bond donors (Lipinski definition) is 1. The monoisotopic (exact) mass is 333 g/mol. The molecule has 2 rings (SSSR count). The first kappa shape index (κ1) is 17.3. The second kappa shape index (κ2) is 7.03. The second-order valence-corrected chi connectivity index (χ2v) is 5.81. The quantitative estimate of drug-likeness (QED) is 0.815. The van der Waals surface area contributed by atoms with Crippen LogP contribution in [0.2, 0.25) is 0 Å². The molecule has 0 radical (unpaired) electrons. The molecular weight excluding hydrogens is 317 g/mol. The van der Waals surface area contributed by atoms with Gasteiger partial charge in [0.15, 0.2) is 5.82 Å². The molecule has 1 aromatic carbocycles. The molecule has 0 saturated carbocycles. The highest BCUT2D eigenvalue weighted by Crippen LogP contribution is 2.27. The molecule has 7 nitrogen and oxygen atoms in total. The van der Waals surface area contributed by atoms with Crippen molar-refractivity contribution < 1.29 is 18.7 Å². The molecule has 0 bridgehead atoms. The van der Waals surface area contributed by atoms with E-state index >= 15 is 0 Å². The zero-order valence-electron chi connectivity index (χ0n) is 13.4. The van der Waals surface area contributed by atoms with Gasteiger partial charge in [-0.15, -0.1) is 4.91 Å². The van der Waals surface area contributed by atoms with Crippen molar-refractivity contribution in [1.29, 1.82) is 0 Å². The molecule has 126 valence electrons. The van der Waals surface area contributed by atoms with Crippen LogP contribution in [0.15, 0.2) is 41.7 Å². The number of carbonyl (C=O) groups is 1. The van der Waals surface area contributed by atoms with Crippen LogP contribution in [0.4, 0.5) is 20.7 Å². The van der Waals surface area contributed by atoms with Crippen molar-refractivity contribution in [2.45, 2.75) is 26.4 Å². The summed E-state index contributed by atoms with van der Waals surface area (Å²) in [6, 6.07) is 6.73. The molecule has 0 fully saturated rings. The van der Waals surface area contributed by atoms with Gasteiger partial charge in [0.05, 0.1) is 11.9 Å². The van der Waals surface area contributed by atoms with Gasteiger partial charge in [-0.1, -0.05) is 0 Å². The number of anilines is 1. The normalized spacial score (nSPS) is 10.8. The third-order valence-corrected chi connectivity index (χ3v) is 2.62. The van der Waals surface area contributed by atoms with Crippen LogP contribution in [-0.2, 0) is 4.74 Å². The molecule has 1 N–H and O–H groups in total. The Kier molecular flexibility index (Phi) is 5.08. The molecule has 0 aliphatic carbocycles. The largest absolute Gasteiger partial charge is 0.456 e. The van der Waals surface area contributed by atoms with Gasteiger partial charge in [-0.25, -0.2) is 14.2 Å². The van der Waals surface area contributed by atoms with Gasteiger partial charge in [-0.3, -0.25) is 5.32 Å². The highest BCUT2D eigenvalue weighted by Gasteiger charge is 2.17.